The zero-order valence-corrected chi connectivity index (χ0v) is 14.7. The van der Waals surface area contributed by atoms with Crippen LogP contribution in [0.1, 0.15) is 23.2 Å². The van der Waals surface area contributed by atoms with Crippen LogP contribution in [-0.4, -0.2) is 34.9 Å². The fourth-order valence-electron chi connectivity index (χ4n) is 2.98. The Kier molecular flexibility index (Phi) is 5.42. The van der Waals surface area contributed by atoms with Gasteiger partial charge in [0.15, 0.2) is 0 Å². The van der Waals surface area contributed by atoms with E-state index < -0.39 is 5.82 Å². The summed E-state index contributed by atoms with van der Waals surface area (Å²) in [7, 11) is 0. The van der Waals surface area contributed by atoms with Crippen molar-refractivity contribution in [1.29, 1.82) is 0 Å². The number of phenolic OH excluding ortho intramolecular Hbond substituents is 1. The number of halogens is 2. The Morgan fingerprint density at radius 1 is 1.15 bits per heavy atom. The molecule has 0 bridgehead atoms. The smallest absolute Gasteiger partial charge is 0.253 e. The van der Waals surface area contributed by atoms with Gasteiger partial charge in [0.2, 0.25) is 5.91 Å². The Hall–Kier alpha value is -2.60. The normalized spacial score (nSPS) is 14.9. The molecule has 136 valence electrons. The Balaban J connectivity index is 1.56. The van der Waals surface area contributed by atoms with E-state index in [2.05, 4.69) is 5.32 Å². The molecule has 1 heterocycles. The van der Waals surface area contributed by atoms with Crippen molar-refractivity contribution in [3.8, 4) is 5.75 Å². The number of nitrogens with one attached hydrogen (secondary N) is 1. The van der Waals surface area contributed by atoms with Crippen LogP contribution in [0.4, 0.5) is 10.1 Å². The number of likely N-dealkylation sites (tertiary alicyclic amines) is 1. The molecule has 2 N–H and O–H groups in total. The number of rotatable bonds is 3. The number of anilines is 1. The van der Waals surface area contributed by atoms with Crippen LogP contribution in [0, 0.1) is 11.7 Å². The second-order valence-corrected chi connectivity index (χ2v) is 6.64. The highest BCUT2D eigenvalue weighted by Gasteiger charge is 2.28. The fraction of sp³-hybridized carbons (Fsp3) is 0.263. The summed E-state index contributed by atoms with van der Waals surface area (Å²) in [6.45, 7) is 0.892. The molecule has 1 aliphatic rings. The minimum Gasteiger partial charge on any atom is -0.508 e. The first-order chi connectivity index (χ1) is 12.4. The van der Waals surface area contributed by atoms with Gasteiger partial charge in [0, 0.05) is 30.3 Å². The third-order valence-corrected chi connectivity index (χ3v) is 4.74. The molecule has 0 unspecified atom stereocenters. The molecule has 2 aromatic rings. The first-order valence-corrected chi connectivity index (χ1v) is 8.66. The summed E-state index contributed by atoms with van der Waals surface area (Å²) < 4.78 is 13.5. The summed E-state index contributed by atoms with van der Waals surface area (Å²) in [5.74, 6) is -1.16. The minimum atomic E-state index is -0.587. The predicted octanol–water partition coefficient (Wildman–Crippen LogP) is 3.68. The summed E-state index contributed by atoms with van der Waals surface area (Å²) in [5.41, 5.74) is 0.778. The van der Waals surface area contributed by atoms with Crippen molar-refractivity contribution < 1.29 is 19.1 Å². The van der Waals surface area contributed by atoms with Crippen LogP contribution in [-0.2, 0) is 4.79 Å². The van der Waals surface area contributed by atoms with E-state index in [0.717, 1.165) is 0 Å². The number of carbonyl (C=O) groups excluding carboxylic acids is 2. The largest absolute Gasteiger partial charge is 0.508 e. The van der Waals surface area contributed by atoms with Crippen molar-refractivity contribution in [2.24, 2.45) is 5.92 Å². The maximum atomic E-state index is 13.5. The second-order valence-electron chi connectivity index (χ2n) is 6.23. The van der Waals surface area contributed by atoms with E-state index in [-0.39, 0.29) is 28.5 Å². The third kappa shape index (κ3) is 4.14. The van der Waals surface area contributed by atoms with Crippen molar-refractivity contribution in [2.45, 2.75) is 12.8 Å². The lowest BCUT2D eigenvalue weighted by molar-refractivity contribution is -0.121. The molecule has 0 radical (unpaired) electrons. The Morgan fingerprint density at radius 3 is 2.54 bits per heavy atom. The first kappa shape index (κ1) is 18.2. The highest BCUT2D eigenvalue weighted by atomic mass is 35.5. The molecule has 0 aliphatic carbocycles. The zero-order valence-electron chi connectivity index (χ0n) is 13.9. The van der Waals surface area contributed by atoms with Crippen molar-refractivity contribution in [3.05, 3.63) is 58.9 Å². The molecular weight excluding hydrogens is 359 g/mol. The van der Waals surface area contributed by atoms with Gasteiger partial charge in [-0.3, -0.25) is 9.59 Å². The lowest BCUT2D eigenvalue weighted by Gasteiger charge is -2.31. The van der Waals surface area contributed by atoms with Gasteiger partial charge in [0.05, 0.1) is 5.02 Å². The number of carbonyl (C=O) groups is 2. The molecule has 1 saturated heterocycles. The number of amides is 2. The SMILES string of the molecule is O=C(Nc1ccc(Cl)c(F)c1)C1CCN(C(=O)c2cccc(O)c2)CC1. The van der Waals surface area contributed by atoms with Crippen molar-refractivity contribution in [1.82, 2.24) is 4.90 Å². The number of benzene rings is 2. The summed E-state index contributed by atoms with van der Waals surface area (Å²) in [6.07, 6.45) is 1.04. The molecule has 3 rings (SSSR count). The number of piperidine rings is 1. The highest BCUT2D eigenvalue weighted by Crippen LogP contribution is 2.23. The van der Waals surface area contributed by atoms with E-state index in [9.17, 15) is 19.1 Å². The summed E-state index contributed by atoms with van der Waals surface area (Å²) in [6, 6.07) is 10.3. The van der Waals surface area contributed by atoms with Gasteiger partial charge in [-0.1, -0.05) is 17.7 Å². The molecule has 2 aromatic carbocycles. The molecule has 0 spiro atoms. The van der Waals surface area contributed by atoms with Crippen LogP contribution in [0.15, 0.2) is 42.5 Å². The molecule has 26 heavy (non-hydrogen) atoms. The quantitative estimate of drug-likeness (QED) is 0.858. The first-order valence-electron chi connectivity index (χ1n) is 8.28. The predicted molar refractivity (Wildman–Crippen MR) is 96.8 cm³/mol. The average molecular weight is 377 g/mol. The van der Waals surface area contributed by atoms with Gasteiger partial charge in [0.25, 0.3) is 5.91 Å². The highest BCUT2D eigenvalue weighted by molar-refractivity contribution is 6.30. The molecule has 7 heteroatoms. The Bertz CT molecular complexity index is 835. The van der Waals surface area contributed by atoms with Gasteiger partial charge < -0.3 is 15.3 Å². The maximum absolute atomic E-state index is 13.5. The van der Waals surface area contributed by atoms with Gasteiger partial charge in [-0.15, -0.1) is 0 Å². The van der Waals surface area contributed by atoms with Gasteiger partial charge >= 0.3 is 0 Å². The van der Waals surface area contributed by atoms with Crippen LogP contribution in [0.3, 0.4) is 0 Å². The molecule has 1 fully saturated rings. The number of nitrogens with zero attached hydrogens (tertiary/aromatic N) is 1. The maximum Gasteiger partial charge on any atom is 0.253 e. The van der Waals surface area contributed by atoms with E-state index >= 15 is 0 Å². The lowest BCUT2D eigenvalue weighted by atomic mass is 9.95. The van der Waals surface area contributed by atoms with Gasteiger partial charge in [-0.25, -0.2) is 4.39 Å². The lowest BCUT2D eigenvalue weighted by Crippen LogP contribution is -2.41. The monoisotopic (exact) mass is 376 g/mol. The van der Waals surface area contributed by atoms with Crippen LogP contribution >= 0.6 is 11.6 Å². The molecule has 2 amide bonds. The zero-order chi connectivity index (χ0) is 18.7. The number of hydrogen-bond donors (Lipinski definition) is 2. The summed E-state index contributed by atoms with van der Waals surface area (Å²) in [4.78, 5) is 26.5. The van der Waals surface area contributed by atoms with Crippen LogP contribution < -0.4 is 5.32 Å². The van der Waals surface area contributed by atoms with E-state index in [1.54, 1.807) is 23.1 Å². The van der Waals surface area contributed by atoms with Crippen LogP contribution in [0.5, 0.6) is 5.75 Å². The minimum absolute atomic E-state index is 0.00164. The van der Waals surface area contributed by atoms with E-state index in [1.165, 1.54) is 24.3 Å². The van der Waals surface area contributed by atoms with Crippen molar-refractivity contribution >= 4 is 29.1 Å². The molecule has 5 nitrogen and oxygen atoms in total. The number of aromatic hydroxyl groups is 1. The standard InChI is InChI=1S/C19H18ClFN2O3/c20-16-5-4-14(11-17(16)21)22-18(25)12-6-8-23(9-7-12)19(26)13-2-1-3-15(24)10-13/h1-5,10-12,24H,6-9H2,(H,22,25). The Morgan fingerprint density at radius 2 is 1.88 bits per heavy atom. The number of phenols is 1. The van der Waals surface area contributed by atoms with Crippen molar-refractivity contribution in [2.75, 3.05) is 18.4 Å². The van der Waals surface area contributed by atoms with Gasteiger partial charge in [-0.05, 0) is 49.2 Å². The third-order valence-electron chi connectivity index (χ3n) is 4.43. The van der Waals surface area contributed by atoms with E-state index in [4.69, 9.17) is 11.6 Å². The van der Waals surface area contributed by atoms with E-state index in [0.29, 0.717) is 37.2 Å². The molecule has 0 atom stereocenters. The average Bonchev–Trinajstić information content (AvgIpc) is 2.64. The van der Waals surface area contributed by atoms with Crippen molar-refractivity contribution in [3.63, 3.8) is 0 Å². The summed E-state index contributed by atoms with van der Waals surface area (Å²) >= 11 is 5.63. The van der Waals surface area contributed by atoms with E-state index in [1.807, 2.05) is 0 Å². The second kappa shape index (κ2) is 7.74. The van der Waals surface area contributed by atoms with Gasteiger partial charge in [0.1, 0.15) is 11.6 Å². The summed E-state index contributed by atoms with van der Waals surface area (Å²) in [5, 5.41) is 12.2. The number of hydrogen-bond acceptors (Lipinski definition) is 3. The molecule has 0 saturated carbocycles. The van der Waals surface area contributed by atoms with Gasteiger partial charge in [-0.2, -0.15) is 0 Å². The Labute approximate surface area is 155 Å². The fourth-order valence-corrected chi connectivity index (χ4v) is 3.10. The molecular formula is C19H18ClFN2O3. The molecule has 1 aliphatic heterocycles. The molecule has 0 aromatic heterocycles. The van der Waals surface area contributed by atoms with Crippen LogP contribution in [0.2, 0.25) is 5.02 Å². The topological polar surface area (TPSA) is 69.6 Å². The van der Waals surface area contributed by atoms with Crippen LogP contribution in [0.25, 0.3) is 0 Å².